The number of thioether (sulfide) groups is 1. The van der Waals surface area contributed by atoms with Crippen molar-refractivity contribution in [1.82, 2.24) is 9.97 Å². The summed E-state index contributed by atoms with van der Waals surface area (Å²) in [4.78, 5) is 18.6. The summed E-state index contributed by atoms with van der Waals surface area (Å²) in [7, 11) is 0. The number of nitrogens with zero attached hydrogens (tertiary/aromatic N) is 1. The molecule has 0 saturated carbocycles. The van der Waals surface area contributed by atoms with Gasteiger partial charge in [0.1, 0.15) is 5.82 Å². The minimum atomic E-state index is -0.107. The van der Waals surface area contributed by atoms with E-state index < -0.39 is 0 Å². The first kappa shape index (κ1) is 11.0. The van der Waals surface area contributed by atoms with Crippen molar-refractivity contribution in [1.29, 1.82) is 0 Å². The number of hydrogen-bond donors (Lipinski definition) is 1. The number of H-pyrrole nitrogens is 1. The SMILES string of the molecule is CC1(c2nc(CCl)cc(=O)[nH]2)CCCS1. The van der Waals surface area contributed by atoms with Crippen molar-refractivity contribution in [3.63, 3.8) is 0 Å². The molecule has 5 heteroatoms. The van der Waals surface area contributed by atoms with Gasteiger partial charge in [0.15, 0.2) is 0 Å². The Morgan fingerprint density at radius 1 is 1.73 bits per heavy atom. The molecule has 1 fully saturated rings. The van der Waals surface area contributed by atoms with Crippen molar-refractivity contribution in [2.45, 2.75) is 30.4 Å². The molecule has 0 radical (unpaired) electrons. The van der Waals surface area contributed by atoms with Crippen LogP contribution < -0.4 is 5.56 Å². The van der Waals surface area contributed by atoms with E-state index in [1.165, 1.54) is 12.5 Å². The molecule has 2 heterocycles. The number of aromatic nitrogens is 2. The third-order valence-electron chi connectivity index (χ3n) is 2.65. The summed E-state index contributed by atoms with van der Waals surface area (Å²) < 4.78 is -0.0404. The molecule has 1 aliphatic heterocycles. The van der Waals surface area contributed by atoms with Crippen LogP contribution in [0.3, 0.4) is 0 Å². The van der Waals surface area contributed by atoms with Crippen LogP contribution in [0.25, 0.3) is 0 Å². The van der Waals surface area contributed by atoms with Gasteiger partial charge in [0.05, 0.1) is 16.3 Å². The highest BCUT2D eigenvalue weighted by molar-refractivity contribution is 8.00. The molecule has 1 aliphatic rings. The summed E-state index contributed by atoms with van der Waals surface area (Å²) in [6, 6.07) is 1.46. The molecule has 0 aliphatic carbocycles. The van der Waals surface area contributed by atoms with E-state index in [2.05, 4.69) is 16.9 Å². The van der Waals surface area contributed by atoms with Gasteiger partial charge in [0, 0.05) is 6.07 Å². The highest BCUT2D eigenvalue weighted by Gasteiger charge is 2.33. The van der Waals surface area contributed by atoms with E-state index in [-0.39, 0.29) is 16.2 Å². The number of hydrogen-bond acceptors (Lipinski definition) is 3. The first-order valence-corrected chi connectivity index (χ1v) is 6.47. The van der Waals surface area contributed by atoms with Gasteiger partial charge in [-0.25, -0.2) is 4.98 Å². The number of nitrogens with one attached hydrogen (secondary N) is 1. The summed E-state index contributed by atoms with van der Waals surface area (Å²) in [5, 5.41) is 0. The van der Waals surface area contributed by atoms with Gasteiger partial charge in [-0.1, -0.05) is 0 Å². The van der Waals surface area contributed by atoms with Gasteiger partial charge in [-0.3, -0.25) is 4.79 Å². The van der Waals surface area contributed by atoms with E-state index in [9.17, 15) is 4.79 Å². The van der Waals surface area contributed by atoms with Crippen molar-refractivity contribution in [2.75, 3.05) is 5.75 Å². The highest BCUT2D eigenvalue weighted by atomic mass is 35.5. The average molecular weight is 245 g/mol. The van der Waals surface area contributed by atoms with Gasteiger partial charge in [0.2, 0.25) is 0 Å². The predicted octanol–water partition coefficient (Wildman–Crippen LogP) is 2.25. The molecule has 0 amide bonds. The number of alkyl halides is 1. The third-order valence-corrected chi connectivity index (χ3v) is 4.45. The zero-order valence-corrected chi connectivity index (χ0v) is 10.1. The lowest BCUT2D eigenvalue weighted by Gasteiger charge is -2.21. The zero-order chi connectivity index (χ0) is 10.9. The van der Waals surface area contributed by atoms with Crippen molar-refractivity contribution in [3.8, 4) is 0 Å². The Morgan fingerprint density at radius 2 is 2.53 bits per heavy atom. The third kappa shape index (κ3) is 2.21. The molecule has 0 spiro atoms. The molecule has 1 unspecified atom stereocenters. The van der Waals surface area contributed by atoms with Crippen LogP contribution in [-0.2, 0) is 10.6 Å². The Labute approximate surface area is 97.6 Å². The molecule has 82 valence electrons. The summed E-state index contributed by atoms with van der Waals surface area (Å²) in [5.74, 6) is 2.19. The molecule has 1 N–H and O–H groups in total. The van der Waals surface area contributed by atoms with Gasteiger partial charge in [-0.15, -0.1) is 23.4 Å². The Kier molecular flexibility index (Phi) is 3.07. The fraction of sp³-hybridized carbons (Fsp3) is 0.600. The molecular weight excluding hydrogens is 232 g/mol. The van der Waals surface area contributed by atoms with E-state index in [0.29, 0.717) is 5.69 Å². The maximum absolute atomic E-state index is 11.4. The normalized spacial score (nSPS) is 25.7. The predicted molar refractivity (Wildman–Crippen MR) is 63.5 cm³/mol. The Bertz CT molecular complexity index is 412. The maximum atomic E-state index is 11.4. The number of rotatable bonds is 2. The maximum Gasteiger partial charge on any atom is 0.251 e. The minimum Gasteiger partial charge on any atom is -0.309 e. The molecule has 0 aromatic carbocycles. The van der Waals surface area contributed by atoms with Gasteiger partial charge in [0.25, 0.3) is 5.56 Å². The van der Waals surface area contributed by atoms with Crippen LogP contribution >= 0.6 is 23.4 Å². The van der Waals surface area contributed by atoms with Crippen LogP contribution in [0.15, 0.2) is 10.9 Å². The van der Waals surface area contributed by atoms with E-state index in [1.54, 1.807) is 0 Å². The zero-order valence-electron chi connectivity index (χ0n) is 8.55. The molecule has 1 atom stereocenters. The van der Waals surface area contributed by atoms with E-state index >= 15 is 0 Å². The molecular formula is C10H13ClN2OS. The molecule has 15 heavy (non-hydrogen) atoms. The van der Waals surface area contributed by atoms with Crippen molar-refractivity contribution < 1.29 is 0 Å². The highest BCUT2D eigenvalue weighted by Crippen LogP contribution is 2.44. The lowest BCUT2D eigenvalue weighted by atomic mass is 10.0. The van der Waals surface area contributed by atoms with Gasteiger partial charge in [-0.2, -0.15) is 0 Å². The number of aromatic amines is 1. The van der Waals surface area contributed by atoms with Crippen molar-refractivity contribution in [2.24, 2.45) is 0 Å². The van der Waals surface area contributed by atoms with Crippen LogP contribution in [0.2, 0.25) is 0 Å². The molecule has 3 nitrogen and oxygen atoms in total. The lowest BCUT2D eigenvalue weighted by Crippen LogP contribution is -2.23. The standard InChI is InChI=1S/C10H13ClN2OS/c1-10(3-2-4-15-10)9-12-7(6-11)5-8(14)13-9/h5H,2-4,6H2,1H3,(H,12,13,14). The average Bonchev–Trinajstić information content (AvgIpc) is 2.65. The van der Waals surface area contributed by atoms with Crippen LogP contribution in [0, 0.1) is 0 Å². The first-order chi connectivity index (χ1) is 7.14. The summed E-state index contributed by atoms with van der Waals surface area (Å²) in [6.07, 6.45) is 2.24. The molecule has 1 aromatic rings. The van der Waals surface area contributed by atoms with Crippen molar-refractivity contribution in [3.05, 3.63) is 27.9 Å². The summed E-state index contributed by atoms with van der Waals surface area (Å²) in [5.41, 5.74) is 0.550. The quantitative estimate of drug-likeness (QED) is 0.812. The van der Waals surface area contributed by atoms with Crippen LogP contribution in [0.5, 0.6) is 0 Å². The monoisotopic (exact) mass is 244 g/mol. The first-order valence-electron chi connectivity index (χ1n) is 4.95. The van der Waals surface area contributed by atoms with Crippen LogP contribution in [0.4, 0.5) is 0 Å². The van der Waals surface area contributed by atoms with E-state index in [1.807, 2.05) is 11.8 Å². The van der Waals surface area contributed by atoms with E-state index in [4.69, 9.17) is 11.6 Å². The van der Waals surface area contributed by atoms with Crippen LogP contribution in [-0.4, -0.2) is 15.7 Å². The number of halogens is 1. The van der Waals surface area contributed by atoms with E-state index in [0.717, 1.165) is 18.0 Å². The Balaban J connectivity index is 2.43. The second-order valence-electron chi connectivity index (χ2n) is 3.90. The molecule has 0 bridgehead atoms. The largest absolute Gasteiger partial charge is 0.309 e. The summed E-state index contributed by atoms with van der Waals surface area (Å²) in [6.45, 7) is 2.13. The van der Waals surface area contributed by atoms with Gasteiger partial charge >= 0.3 is 0 Å². The second kappa shape index (κ2) is 4.18. The fourth-order valence-corrected chi connectivity index (χ4v) is 3.19. The fourth-order valence-electron chi connectivity index (χ4n) is 1.79. The summed E-state index contributed by atoms with van der Waals surface area (Å²) >= 11 is 7.55. The molecule has 1 saturated heterocycles. The van der Waals surface area contributed by atoms with Crippen LogP contribution in [0.1, 0.15) is 31.3 Å². The smallest absolute Gasteiger partial charge is 0.251 e. The Hall–Kier alpha value is -0.480. The second-order valence-corrected chi connectivity index (χ2v) is 5.77. The van der Waals surface area contributed by atoms with Gasteiger partial charge < -0.3 is 4.98 Å². The van der Waals surface area contributed by atoms with Gasteiger partial charge in [-0.05, 0) is 25.5 Å². The minimum absolute atomic E-state index is 0.0404. The molecule has 2 rings (SSSR count). The van der Waals surface area contributed by atoms with Crippen molar-refractivity contribution >= 4 is 23.4 Å². The topological polar surface area (TPSA) is 45.8 Å². The Morgan fingerprint density at radius 3 is 3.13 bits per heavy atom. The lowest BCUT2D eigenvalue weighted by molar-refractivity contribution is 0.598. The molecule has 1 aromatic heterocycles.